The largest absolute Gasteiger partial charge is 0.480 e. The third kappa shape index (κ3) is 6.10. The molecule has 0 aliphatic carbocycles. The van der Waals surface area contributed by atoms with E-state index in [1.165, 1.54) is 45.9 Å². The molecule has 0 saturated carbocycles. The summed E-state index contributed by atoms with van der Waals surface area (Å²) in [5.41, 5.74) is 2.28. The van der Waals surface area contributed by atoms with Gasteiger partial charge in [-0.1, -0.05) is 6.07 Å². The molecule has 0 spiro atoms. The number of hydrogen-bond acceptors (Lipinski definition) is 8. The maximum atomic E-state index is 11.9. The summed E-state index contributed by atoms with van der Waals surface area (Å²) in [7, 11) is 0. The second-order valence-corrected chi connectivity index (χ2v) is 6.83. The quantitative estimate of drug-likeness (QED) is 0.383. The number of carbonyl (C=O) groups excluding carboxylic acids is 2. The molecule has 1 rings (SSSR count). The molecule has 1 aromatic carbocycles. The smallest absolute Gasteiger partial charge is 0.343 e. The molecule has 0 aliphatic heterocycles. The Hall–Kier alpha value is -2.49. The third-order valence-electron chi connectivity index (χ3n) is 3.19. The van der Waals surface area contributed by atoms with Gasteiger partial charge in [0.25, 0.3) is 0 Å². The minimum atomic E-state index is -1.81. The highest BCUT2D eigenvalue weighted by atomic mass is 16.6. The summed E-state index contributed by atoms with van der Waals surface area (Å²) < 4.78 is 10.1. The van der Waals surface area contributed by atoms with Crippen molar-refractivity contribution in [2.24, 2.45) is 5.73 Å². The molecule has 0 amide bonds. The van der Waals surface area contributed by atoms with Crippen LogP contribution in [0.25, 0.3) is 0 Å². The van der Waals surface area contributed by atoms with E-state index in [2.05, 4.69) is 0 Å². The zero-order valence-corrected chi connectivity index (χ0v) is 15.0. The van der Waals surface area contributed by atoms with Crippen LogP contribution in [-0.4, -0.2) is 50.5 Å². The van der Waals surface area contributed by atoms with Crippen LogP contribution < -0.4 is 15.2 Å². The molecule has 0 bridgehead atoms. The highest BCUT2D eigenvalue weighted by Crippen LogP contribution is 2.31. The molecule has 1 atom stereocenters. The second kappa shape index (κ2) is 7.81. The zero-order valence-electron chi connectivity index (χ0n) is 15.0. The van der Waals surface area contributed by atoms with E-state index in [-0.39, 0.29) is 17.9 Å². The van der Waals surface area contributed by atoms with Crippen molar-refractivity contribution in [3.05, 3.63) is 23.8 Å². The monoisotopic (exact) mass is 369 g/mol. The summed E-state index contributed by atoms with van der Waals surface area (Å²) in [5, 5.41) is 28.3. The number of aliphatic hydroxyl groups is 2. The van der Waals surface area contributed by atoms with Crippen LogP contribution in [0.2, 0.25) is 0 Å². The first-order chi connectivity index (χ1) is 11.7. The number of benzene rings is 1. The fourth-order valence-electron chi connectivity index (χ4n) is 1.63. The maximum absolute atomic E-state index is 11.9. The van der Waals surface area contributed by atoms with Gasteiger partial charge in [-0.2, -0.15) is 0 Å². The van der Waals surface area contributed by atoms with E-state index in [1.54, 1.807) is 0 Å². The molecule has 0 aliphatic rings. The first-order valence-electron chi connectivity index (χ1n) is 7.72. The Labute approximate surface area is 150 Å². The maximum Gasteiger partial charge on any atom is 0.343 e. The Morgan fingerprint density at radius 1 is 1.00 bits per heavy atom. The zero-order chi connectivity index (χ0) is 20.3. The molecule has 0 saturated heterocycles. The molecular weight excluding hydrogens is 346 g/mol. The van der Waals surface area contributed by atoms with Gasteiger partial charge < -0.3 is 30.5 Å². The normalized spacial score (nSPS) is 13.0. The Morgan fingerprint density at radius 3 is 1.88 bits per heavy atom. The average Bonchev–Trinajstić information content (AvgIpc) is 2.47. The Kier molecular flexibility index (Phi) is 6.48. The van der Waals surface area contributed by atoms with Gasteiger partial charge in [0.05, 0.1) is 0 Å². The molecule has 5 N–H and O–H groups in total. The van der Waals surface area contributed by atoms with Gasteiger partial charge in [-0.15, -0.1) is 0 Å². The van der Waals surface area contributed by atoms with Gasteiger partial charge in [0.15, 0.2) is 22.7 Å². The minimum absolute atomic E-state index is 0.0673. The van der Waals surface area contributed by atoms with Crippen molar-refractivity contribution in [3.63, 3.8) is 0 Å². The van der Waals surface area contributed by atoms with Crippen molar-refractivity contribution in [2.45, 2.75) is 51.4 Å². The van der Waals surface area contributed by atoms with Gasteiger partial charge in [0.2, 0.25) is 0 Å². The van der Waals surface area contributed by atoms with Crippen LogP contribution >= 0.6 is 0 Å². The molecular formula is C17H23NO8. The van der Waals surface area contributed by atoms with E-state index in [0.29, 0.717) is 5.56 Å². The van der Waals surface area contributed by atoms with Crippen LogP contribution in [0.3, 0.4) is 0 Å². The number of rotatable bonds is 7. The van der Waals surface area contributed by atoms with Crippen LogP contribution in [0.4, 0.5) is 0 Å². The van der Waals surface area contributed by atoms with E-state index in [9.17, 15) is 24.6 Å². The summed E-state index contributed by atoms with van der Waals surface area (Å²) in [6, 6.07) is 2.81. The van der Waals surface area contributed by atoms with Gasteiger partial charge in [-0.3, -0.25) is 4.79 Å². The molecule has 9 heteroatoms. The number of carbonyl (C=O) groups is 3. The summed E-state index contributed by atoms with van der Waals surface area (Å²) in [6.07, 6.45) is -0.0673. The van der Waals surface area contributed by atoms with Crippen molar-refractivity contribution in [1.82, 2.24) is 0 Å². The average molecular weight is 369 g/mol. The first kappa shape index (κ1) is 21.6. The lowest BCUT2D eigenvalue weighted by atomic mass is 10.1. The van der Waals surface area contributed by atoms with E-state index < -0.39 is 35.2 Å². The number of carboxylic acids is 1. The van der Waals surface area contributed by atoms with Crippen molar-refractivity contribution in [3.8, 4) is 11.5 Å². The third-order valence-corrected chi connectivity index (χ3v) is 3.19. The van der Waals surface area contributed by atoms with Crippen molar-refractivity contribution < 1.29 is 39.2 Å². The molecule has 144 valence electrons. The predicted octanol–water partition coefficient (Wildman–Crippen LogP) is -0.00640. The molecule has 9 nitrogen and oxygen atoms in total. The highest BCUT2D eigenvalue weighted by molar-refractivity contribution is 5.83. The number of carboxylic acid groups (broad SMARTS) is 1. The Morgan fingerprint density at radius 2 is 1.46 bits per heavy atom. The second-order valence-electron chi connectivity index (χ2n) is 6.83. The standard InChI is InChI=1S/C17H23NO8/c1-16(2,23)14(21)25-11-6-5-9(7-10(18)13(19)20)8-12(11)26-15(22)17(3,4)24/h5-6,8,10,23-24H,7,18H2,1-4H3,(H,19,20)/t10-/m0/s1. The molecule has 0 unspecified atom stereocenters. The lowest BCUT2D eigenvalue weighted by molar-refractivity contribution is -0.154. The highest BCUT2D eigenvalue weighted by Gasteiger charge is 2.30. The van der Waals surface area contributed by atoms with E-state index in [4.69, 9.17) is 20.3 Å². The minimum Gasteiger partial charge on any atom is -0.480 e. The lowest BCUT2D eigenvalue weighted by Gasteiger charge is -2.20. The summed E-state index contributed by atoms with van der Waals surface area (Å²) in [4.78, 5) is 34.7. The van der Waals surface area contributed by atoms with Crippen LogP contribution in [-0.2, 0) is 20.8 Å². The number of hydrogen-bond donors (Lipinski definition) is 4. The van der Waals surface area contributed by atoms with Crippen LogP contribution in [0.1, 0.15) is 33.3 Å². The van der Waals surface area contributed by atoms with E-state index in [0.717, 1.165) is 0 Å². The van der Waals surface area contributed by atoms with Gasteiger partial charge in [0.1, 0.15) is 6.04 Å². The molecule has 0 fully saturated rings. The molecule has 0 heterocycles. The Balaban J connectivity index is 3.21. The molecule has 1 aromatic rings. The molecule has 26 heavy (non-hydrogen) atoms. The molecule has 0 radical (unpaired) electrons. The van der Waals surface area contributed by atoms with E-state index >= 15 is 0 Å². The summed E-state index contributed by atoms with van der Waals surface area (Å²) in [5.74, 6) is -3.62. The predicted molar refractivity (Wildman–Crippen MR) is 89.6 cm³/mol. The molecule has 0 aromatic heterocycles. The van der Waals surface area contributed by atoms with Crippen molar-refractivity contribution in [2.75, 3.05) is 0 Å². The number of ether oxygens (including phenoxy) is 2. The van der Waals surface area contributed by atoms with Crippen molar-refractivity contribution >= 4 is 17.9 Å². The summed E-state index contributed by atoms with van der Waals surface area (Å²) in [6.45, 7) is 4.86. The van der Waals surface area contributed by atoms with Gasteiger partial charge >= 0.3 is 17.9 Å². The van der Waals surface area contributed by atoms with Crippen LogP contribution in [0, 0.1) is 0 Å². The number of aliphatic carboxylic acids is 1. The fourth-order valence-corrected chi connectivity index (χ4v) is 1.63. The topological polar surface area (TPSA) is 156 Å². The lowest BCUT2D eigenvalue weighted by Crippen LogP contribution is -2.37. The van der Waals surface area contributed by atoms with E-state index in [1.807, 2.05) is 0 Å². The van der Waals surface area contributed by atoms with Crippen LogP contribution in [0.15, 0.2) is 18.2 Å². The Bertz CT molecular complexity index is 700. The van der Waals surface area contributed by atoms with Gasteiger partial charge in [-0.25, -0.2) is 9.59 Å². The van der Waals surface area contributed by atoms with Crippen LogP contribution in [0.5, 0.6) is 11.5 Å². The summed E-state index contributed by atoms with van der Waals surface area (Å²) >= 11 is 0. The number of nitrogens with two attached hydrogens (primary N) is 1. The first-order valence-corrected chi connectivity index (χ1v) is 7.72. The number of esters is 2. The van der Waals surface area contributed by atoms with Gasteiger partial charge in [0, 0.05) is 0 Å². The van der Waals surface area contributed by atoms with Gasteiger partial charge in [-0.05, 0) is 51.8 Å². The fraction of sp³-hybridized carbons (Fsp3) is 0.471. The SMILES string of the molecule is CC(C)(O)C(=O)Oc1ccc(C[C@H](N)C(=O)O)cc1OC(=O)C(C)(C)O. The van der Waals surface area contributed by atoms with Crippen molar-refractivity contribution in [1.29, 1.82) is 0 Å².